The zero-order valence-corrected chi connectivity index (χ0v) is 7.22. The van der Waals surface area contributed by atoms with Crippen LogP contribution in [-0.4, -0.2) is 20.1 Å². The van der Waals surface area contributed by atoms with E-state index in [0.717, 1.165) is 0 Å². The summed E-state index contributed by atoms with van der Waals surface area (Å²) in [5.74, 6) is -1.98. The van der Waals surface area contributed by atoms with Gasteiger partial charge in [0, 0.05) is 5.56 Å². The molecule has 1 heterocycles. The summed E-state index contributed by atoms with van der Waals surface area (Å²) in [4.78, 5) is 12.3. The summed E-state index contributed by atoms with van der Waals surface area (Å²) in [5, 5.41) is 28.2. The van der Waals surface area contributed by atoms with Crippen LogP contribution < -0.4 is 0 Å². The number of hydrogen-bond donors (Lipinski definition) is 2. The van der Waals surface area contributed by atoms with E-state index in [1.165, 1.54) is 0 Å². The minimum absolute atomic E-state index is 0.564. The number of aliphatic hydroxyl groups is 1. The van der Waals surface area contributed by atoms with Crippen molar-refractivity contribution in [2.75, 3.05) is 0 Å². The fourth-order valence-electron chi connectivity index (χ4n) is 1.03. The molecule has 0 unspecified atom stereocenters. The molecular formula is C7H6F2N2O4. The van der Waals surface area contributed by atoms with Crippen LogP contribution in [0.5, 0.6) is 5.75 Å². The van der Waals surface area contributed by atoms with Gasteiger partial charge in [0.2, 0.25) is 5.75 Å². The van der Waals surface area contributed by atoms with Crippen LogP contribution in [0.3, 0.4) is 0 Å². The molecule has 8 heteroatoms. The van der Waals surface area contributed by atoms with Gasteiger partial charge >= 0.3 is 5.82 Å². The van der Waals surface area contributed by atoms with Gasteiger partial charge < -0.3 is 20.3 Å². The molecule has 1 rings (SSSR count). The molecule has 0 saturated carbocycles. The summed E-state index contributed by atoms with van der Waals surface area (Å²) >= 11 is 0. The number of halogens is 2. The average molecular weight is 220 g/mol. The summed E-state index contributed by atoms with van der Waals surface area (Å²) in [6.07, 6.45) is -2.40. The van der Waals surface area contributed by atoms with Crippen LogP contribution in [0.15, 0.2) is 6.20 Å². The first-order chi connectivity index (χ1) is 6.99. The Morgan fingerprint density at radius 3 is 2.60 bits per heavy atom. The third-order valence-electron chi connectivity index (χ3n) is 1.74. The third-order valence-corrected chi connectivity index (χ3v) is 1.74. The number of rotatable bonds is 3. The van der Waals surface area contributed by atoms with Crippen LogP contribution in [0.2, 0.25) is 0 Å². The minimum atomic E-state index is -2.97. The SMILES string of the molecule is O=[N+]([O-])c1ncc(C(F)F)c(CO)c1O. The molecule has 15 heavy (non-hydrogen) atoms. The van der Waals surface area contributed by atoms with Crippen LogP contribution in [0.4, 0.5) is 14.6 Å². The van der Waals surface area contributed by atoms with Gasteiger partial charge in [-0.15, -0.1) is 0 Å². The second-order valence-corrected chi connectivity index (χ2v) is 2.58. The van der Waals surface area contributed by atoms with Crippen LogP contribution >= 0.6 is 0 Å². The highest BCUT2D eigenvalue weighted by Crippen LogP contribution is 2.34. The van der Waals surface area contributed by atoms with Crippen molar-refractivity contribution < 1.29 is 23.9 Å². The third kappa shape index (κ3) is 1.99. The maximum absolute atomic E-state index is 12.3. The quantitative estimate of drug-likeness (QED) is 0.587. The first-order valence-electron chi connectivity index (χ1n) is 3.73. The lowest BCUT2D eigenvalue weighted by Crippen LogP contribution is -2.01. The summed E-state index contributed by atoms with van der Waals surface area (Å²) in [6.45, 7) is -0.922. The van der Waals surface area contributed by atoms with Crippen LogP contribution in [0, 0.1) is 10.1 Å². The molecule has 0 amide bonds. The molecule has 1 aromatic rings. The van der Waals surface area contributed by atoms with Gasteiger partial charge in [-0.05, 0) is 9.91 Å². The normalized spacial score (nSPS) is 10.7. The van der Waals surface area contributed by atoms with E-state index in [9.17, 15) is 24.0 Å². The zero-order valence-electron chi connectivity index (χ0n) is 7.22. The number of pyridine rings is 1. The molecule has 0 aliphatic rings. The molecule has 2 N–H and O–H groups in total. The van der Waals surface area contributed by atoms with E-state index in [4.69, 9.17) is 5.11 Å². The van der Waals surface area contributed by atoms with E-state index in [-0.39, 0.29) is 0 Å². The van der Waals surface area contributed by atoms with Gasteiger partial charge in [-0.25, -0.2) is 8.78 Å². The number of aromatic nitrogens is 1. The Hall–Kier alpha value is -1.83. The highest BCUT2D eigenvalue weighted by atomic mass is 19.3. The maximum Gasteiger partial charge on any atom is 0.406 e. The van der Waals surface area contributed by atoms with E-state index in [0.29, 0.717) is 6.20 Å². The smallest absolute Gasteiger partial charge is 0.406 e. The number of aliphatic hydroxyl groups excluding tert-OH is 1. The predicted molar refractivity (Wildman–Crippen MR) is 43.4 cm³/mol. The van der Waals surface area contributed by atoms with Crippen molar-refractivity contribution in [2.45, 2.75) is 13.0 Å². The summed E-state index contributed by atoms with van der Waals surface area (Å²) < 4.78 is 24.6. The number of alkyl halides is 2. The molecule has 1 aromatic heterocycles. The first kappa shape index (κ1) is 11.2. The minimum Gasteiger partial charge on any atom is -0.501 e. The molecule has 0 saturated heterocycles. The molecule has 82 valence electrons. The molecule has 0 aromatic carbocycles. The lowest BCUT2D eigenvalue weighted by Gasteiger charge is -2.06. The maximum atomic E-state index is 12.3. The standard InChI is InChI=1S/C7H6F2N2O4/c8-6(9)3-1-10-7(11(14)15)5(13)4(3)2-12/h1,6,12-13H,2H2. The average Bonchev–Trinajstić information content (AvgIpc) is 2.16. The van der Waals surface area contributed by atoms with Gasteiger partial charge in [0.25, 0.3) is 6.43 Å². The van der Waals surface area contributed by atoms with Gasteiger partial charge in [-0.3, -0.25) is 0 Å². The van der Waals surface area contributed by atoms with E-state index in [1.807, 2.05) is 0 Å². The number of aromatic hydroxyl groups is 1. The Kier molecular flexibility index (Phi) is 3.10. The predicted octanol–water partition coefficient (Wildman–Crippen LogP) is 1.13. The molecule has 0 aliphatic heterocycles. The Morgan fingerprint density at radius 2 is 2.20 bits per heavy atom. The fraction of sp³-hybridized carbons (Fsp3) is 0.286. The Morgan fingerprint density at radius 1 is 1.60 bits per heavy atom. The number of nitrogens with zero attached hydrogens (tertiary/aromatic N) is 2. The summed E-state index contributed by atoms with van der Waals surface area (Å²) in [6, 6.07) is 0. The van der Waals surface area contributed by atoms with Gasteiger partial charge in [-0.2, -0.15) is 0 Å². The van der Waals surface area contributed by atoms with Crippen LogP contribution in [-0.2, 0) is 6.61 Å². The molecule has 6 nitrogen and oxygen atoms in total. The molecule has 0 spiro atoms. The monoisotopic (exact) mass is 220 g/mol. The Balaban J connectivity index is 3.39. The van der Waals surface area contributed by atoms with Crippen molar-refractivity contribution in [2.24, 2.45) is 0 Å². The largest absolute Gasteiger partial charge is 0.501 e. The Labute approximate surface area is 82.0 Å². The van der Waals surface area contributed by atoms with Gasteiger partial charge in [0.05, 0.1) is 12.2 Å². The highest BCUT2D eigenvalue weighted by Gasteiger charge is 2.25. The van der Waals surface area contributed by atoms with Gasteiger partial charge in [0.1, 0.15) is 6.20 Å². The van der Waals surface area contributed by atoms with Crippen molar-refractivity contribution in [1.82, 2.24) is 4.98 Å². The van der Waals surface area contributed by atoms with Gasteiger partial charge in [0.15, 0.2) is 0 Å². The van der Waals surface area contributed by atoms with Crippen molar-refractivity contribution in [3.63, 3.8) is 0 Å². The molecule has 0 radical (unpaired) electrons. The molecular weight excluding hydrogens is 214 g/mol. The van der Waals surface area contributed by atoms with Crippen molar-refractivity contribution in [3.8, 4) is 5.75 Å². The number of nitro groups is 1. The zero-order chi connectivity index (χ0) is 11.6. The Bertz CT molecular complexity index is 397. The van der Waals surface area contributed by atoms with E-state index in [1.54, 1.807) is 0 Å². The van der Waals surface area contributed by atoms with Crippen molar-refractivity contribution >= 4 is 5.82 Å². The molecule has 0 fully saturated rings. The van der Waals surface area contributed by atoms with Crippen LogP contribution in [0.1, 0.15) is 17.6 Å². The first-order valence-corrected chi connectivity index (χ1v) is 3.73. The highest BCUT2D eigenvalue weighted by molar-refractivity contribution is 5.48. The molecule has 0 aliphatic carbocycles. The summed E-state index contributed by atoms with van der Waals surface area (Å²) in [7, 11) is 0. The fourth-order valence-corrected chi connectivity index (χ4v) is 1.03. The molecule has 0 atom stereocenters. The lowest BCUT2D eigenvalue weighted by molar-refractivity contribution is -0.390. The van der Waals surface area contributed by atoms with Crippen molar-refractivity contribution in [3.05, 3.63) is 27.4 Å². The number of hydrogen-bond acceptors (Lipinski definition) is 5. The van der Waals surface area contributed by atoms with Crippen molar-refractivity contribution in [1.29, 1.82) is 0 Å². The van der Waals surface area contributed by atoms with E-state index in [2.05, 4.69) is 4.98 Å². The lowest BCUT2D eigenvalue weighted by atomic mass is 10.1. The van der Waals surface area contributed by atoms with E-state index < -0.39 is 40.6 Å². The second-order valence-electron chi connectivity index (χ2n) is 2.58. The van der Waals surface area contributed by atoms with Crippen LogP contribution in [0.25, 0.3) is 0 Å². The molecule has 0 bridgehead atoms. The second kappa shape index (κ2) is 4.13. The van der Waals surface area contributed by atoms with Gasteiger partial charge in [-0.1, -0.05) is 0 Å². The summed E-state index contributed by atoms with van der Waals surface area (Å²) in [5.41, 5.74) is -1.30. The van der Waals surface area contributed by atoms with E-state index >= 15 is 0 Å². The topological polar surface area (TPSA) is 96.5 Å².